The van der Waals surface area contributed by atoms with Gasteiger partial charge in [-0.2, -0.15) is 0 Å². The molecule has 2 aromatic carbocycles. The number of nitrogens with zero attached hydrogens (tertiary/aromatic N) is 1. The fourth-order valence-corrected chi connectivity index (χ4v) is 3.56. The maximum atomic E-state index is 6.48. The highest BCUT2D eigenvalue weighted by molar-refractivity contribution is 8.05. The molecule has 2 N–H and O–H groups in total. The van der Waals surface area contributed by atoms with Gasteiger partial charge in [0.1, 0.15) is 18.2 Å². The summed E-state index contributed by atoms with van der Waals surface area (Å²) in [5.41, 5.74) is 3.56. The Hall–Kier alpha value is -3.09. The number of hydrogen-bond donors (Lipinski definition) is 2. The zero-order valence-electron chi connectivity index (χ0n) is 20.9. The molecule has 35 heavy (non-hydrogen) atoms. The van der Waals surface area contributed by atoms with E-state index in [4.69, 9.17) is 21.1 Å². The summed E-state index contributed by atoms with van der Waals surface area (Å²) in [5.74, 6) is 2.13. The molecule has 0 fully saturated rings. The van der Waals surface area contributed by atoms with Crippen LogP contribution in [0, 0.1) is 12.8 Å². The van der Waals surface area contributed by atoms with E-state index < -0.39 is 0 Å². The van der Waals surface area contributed by atoms with Gasteiger partial charge in [-0.05, 0) is 67.6 Å². The van der Waals surface area contributed by atoms with Crippen molar-refractivity contribution in [2.24, 2.45) is 10.9 Å². The van der Waals surface area contributed by atoms with Crippen molar-refractivity contribution in [1.29, 1.82) is 0 Å². The highest BCUT2D eigenvalue weighted by atomic mass is 35.5. The van der Waals surface area contributed by atoms with Crippen LogP contribution in [-0.2, 0) is 4.74 Å². The predicted octanol–water partition coefficient (Wildman–Crippen LogP) is 8.37. The summed E-state index contributed by atoms with van der Waals surface area (Å²) in [7, 11) is 0. The molecule has 2 rings (SSSR count). The molecule has 0 aliphatic rings. The maximum absolute atomic E-state index is 6.48. The number of aliphatic imine (C=N–C) groups is 1. The van der Waals surface area contributed by atoms with Crippen molar-refractivity contribution in [3.05, 3.63) is 101 Å². The Morgan fingerprint density at radius 3 is 2.51 bits per heavy atom. The third kappa shape index (κ3) is 9.59. The number of benzene rings is 2. The fourth-order valence-electron chi connectivity index (χ4n) is 2.87. The second-order valence-electron chi connectivity index (χ2n) is 8.13. The molecular weight excluding hydrogens is 478 g/mol. The first-order valence-electron chi connectivity index (χ1n) is 11.3. The van der Waals surface area contributed by atoms with Crippen LogP contribution in [0.3, 0.4) is 0 Å². The number of allylic oxidation sites excluding steroid dienone is 1. The van der Waals surface area contributed by atoms with Crippen LogP contribution in [0.5, 0.6) is 5.75 Å². The average molecular weight is 512 g/mol. The van der Waals surface area contributed by atoms with Gasteiger partial charge in [0.05, 0.1) is 11.6 Å². The van der Waals surface area contributed by atoms with Crippen molar-refractivity contribution in [2.75, 3.05) is 23.8 Å². The van der Waals surface area contributed by atoms with E-state index in [-0.39, 0.29) is 0 Å². The standard InChI is InChI=1S/C28H34ClN3O2S/c1-8-14-35-21(6)18-34-27-13-12-24(16-26(27)29)32-28(30-9-2)25-15-23(11-10-20(25)5)31-22(7)33-17-19(3)4/h8-16,19,31H,2,6-7,17-18H2,1,3-5H3,(H,30,32)/b14-8-. The topological polar surface area (TPSA) is 54.9 Å². The van der Waals surface area contributed by atoms with Gasteiger partial charge >= 0.3 is 0 Å². The van der Waals surface area contributed by atoms with Crippen molar-refractivity contribution in [3.63, 3.8) is 0 Å². The SMILES string of the molecule is C=CN=C(Nc1ccc(OCC(=C)S/C=C\C)c(Cl)c1)c1cc(NC(=C)OCC(C)C)ccc1C. The van der Waals surface area contributed by atoms with E-state index in [2.05, 4.69) is 49.2 Å². The molecule has 0 unspecified atom stereocenters. The minimum atomic E-state index is 0.371. The van der Waals surface area contributed by atoms with Crippen molar-refractivity contribution in [2.45, 2.75) is 27.7 Å². The molecule has 0 amide bonds. The highest BCUT2D eigenvalue weighted by Gasteiger charge is 2.11. The summed E-state index contributed by atoms with van der Waals surface area (Å²) in [4.78, 5) is 5.36. The Morgan fingerprint density at radius 2 is 1.86 bits per heavy atom. The van der Waals surface area contributed by atoms with Crippen LogP contribution in [-0.4, -0.2) is 19.0 Å². The van der Waals surface area contributed by atoms with E-state index >= 15 is 0 Å². The number of rotatable bonds is 13. The number of nitrogens with one attached hydrogen (secondary N) is 2. The third-order valence-electron chi connectivity index (χ3n) is 4.54. The molecule has 5 nitrogen and oxygen atoms in total. The molecule has 0 heterocycles. The summed E-state index contributed by atoms with van der Waals surface area (Å²) < 4.78 is 11.5. The van der Waals surface area contributed by atoms with Crippen LogP contribution in [0.4, 0.5) is 11.4 Å². The highest BCUT2D eigenvalue weighted by Crippen LogP contribution is 2.29. The molecule has 0 aromatic heterocycles. The molecule has 0 spiro atoms. The molecule has 0 radical (unpaired) electrons. The molecule has 0 aliphatic carbocycles. The molecule has 0 bridgehead atoms. The molecule has 7 heteroatoms. The van der Waals surface area contributed by atoms with Gasteiger partial charge in [0, 0.05) is 28.0 Å². The Balaban J connectivity index is 2.16. The molecule has 2 aromatic rings. The van der Waals surface area contributed by atoms with Crippen molar-refractivity contribution >= 4 is 40.6 Å². The quantitative estimate of drug-likeness (QED) is 0.161. The molecule has 186 valence electrons. The first kappa shape index (κ1) is 28.1. The summed E-state index contributed by atoms with van der Waals surface area (Å²) in [6, 6.07) is 11.5. The van der Waals surface area contributed by atoms with E-state index in [0.717, 1.165) is 27.4 Å². The van der Waals surface area contributed by atoms with Gasteiger partial charge in [-0.1, -0.05) is 62.5 Å². The first-order valence-corrected chi connectivity index (χ1v) is 12.5. The summed E-state index contributed by atoms with van der Waals surface area (Å²) >= 11 is 8.01. The Kier molecular flexibility index (Phi) is 11.5. The molecule has 0 atom stereocenters. The molecule has 0 saturated heterocycles. The third-order valence-corrected chi connectivity index (χ3v) is 5.70. The number of anilines is 2. The van der Waals surface area contributed by atoms with Gasteiger partial charge in [0.15, 0.2) is 5.88 Å². The Labute approximate surface area is 218 Å². The minimum absolute atomic E-state index is 0.371. The lowest BCUT2D eigenvalue weighted by Gasteiger charge is -2.17. The normalized spacial score (nSPS) is 11.4. The van der Waals surface area contributed by atoms with E-state index in [0.29, 0.717) is 41.6 Å². The number of hydrogen-bond acceptors (Lipinski definition) is 5. The van der Waals surface area contributed by atoms with Gasteiger partial charge in [0.25, 0.3) is 0 Å². The number of thioether (sulfide) groups is 1. The lowest BCUT2D eigenvalue weighted by Crippen LogP contribution is -2.15. The lowest BCUT2D eigenvalue weighted by molar-refractivity contribution is 0.185. The van der Waals surface area contributed by atoms with Crippen LogP contribution in [0.15, 0.2) is 89.6 Å². The number of ether oxygens (including phenoxy) is 2. The molecule has 0 aliphatic heterocycles. The largest absolute Gasteiger partial charge is 0.487 e. The summed E-state index contributed by atoms with van der Waals surface area (Å²) in [6.45, 7) is 20.8. The second kappa shape index (κ2) is 14.3. The monoisotopic (exact) mass is 511 g/mol. The van der Waals surface area contributed by atoms with Gasteiger partial charge in [-0.3, -0.25) is 0 Å². The van der Waals surface area contributed by atoms with Gasteiger partial charge < -0.3 is 20.1 Å². The van der Waals surface area contributed by atoms with Crippen molar-refractivity contribution < 1.29 is 9.47 Å². The van der Waals surface area contributed by atoms with Gasteiger partial charge in [-0.15, -0.1) is 0 Å². The van der Waals surface area contributed by atoms with Crippen LogP contribution in [0.25, 0.3) is 0 Å². The van der Waals surface area contributed by atoms with Crippen LogP contribution < -0.4 is 15.4 Å². The first-order chi connectivity index (χ1) is 16.7. The van der Waals surface area contributed by atoms with E-state index in [1.165, 1.54) is 18.0 Å². The summed E-state index contributed by atoms with van der Waals surface area (Å²) in [6.07, 6.45) is 3.45. The predicted molar refractivity (Wildman–Crippen MR) is 154 cm³/mol. The van der Waals surface area contributed by atoms with E-state index in [9.17, 15) is 0 Å². The minimum Gasteiger partial charge on any atom is -0.487 e. The van der Waals surface area contributed by atoms with Crippen LogP contribution in [0.2, 0.25) is 5.02 Å². The zero-order chi connectivity index (χ0) is 25.8. The average Bonchev–Trinajstić information content (AvgIpc) is 2.82. The summed E-state index contributed by atoms with van der Waals surface area (Å²) in [5, 5.41) is 9.00. The second-order valence-corrected chi connectivity index (χ2v) is 9.62. The maximum Gasteiger partial charge on any atom is 0.183 e. The smallest absolute Gasteiger partial charge is 0.183 e. The van der Waals surface area contributed by atoms with Crippen LogP contribution in [0.1, 0.15) is 31.9 Å². The van der Waals surface area contributed by atoms with Gasteiger partial charge in [-0.25, -0.2) is 4.99 Å². The van der Waals surface area contributed by atoms with Crippen molar-refractivity contribution in [3.8, 4) is 5.75 Å². The zero-order valence-corrected chi connectivity index (χ0v) is 22.4. The van der Waals surface area contributed by atoms with Crippen LogP contribution >= 0.6 is 23.4 Å². The number of aryl methyl sites for hydroxylation is 1. The van der Waals surface area contributed by atoms with Crippen molar-refractivity contribution in [1.82, 2.24) is 0 Å². The number of halogens is 1. The number of amidine groups is 1. The fraction of sp³-hybridized carbons (Fsp3) is 0.250. The van der Waals surface area contributed by atoms with Gasteiger partial charge in [0.2, 0.25) is 0 Å². The molecule has 0 saturated carbocycles. The Bertz CT molecular complexity index is 1110. The van der Waals surface area contributed by atoms with E-state index in [1.54, 1.807) is 6.07 Å². The Morgan fingerprint density at radius 1 is 1.14 bits per heavy atom. The lowest BCUT2D eigenvalue weighted by atomic mass is 10.1. The van der Waals surface area contributed by atoms with E-state index in [1.807, 2.05) is 55.7 Å². The molecular formula is C28H34ClN3O2S.